The summed E-state index contributed by atoms with van der Waals surface area (Å²) in [6.45, 7) is 5.98. The predicted octanol–water partition coefficient (Wildman–Crippen LogP) is 0.964. The number of hydrogen-bond acceptors (Lipinski definition) is 4. The Labute approximate surface area is 119 Å². The lowest BCUT2D eigenvalue weighted by Crippen LogP contribution is -2.32. The van der Waals surface area contributed by atoms with Gasteiger partial charge in [-0.2, -0.15) is 5.10 Å². The van der Waals surface area contributed by atoms with Crippen LogP contribution in [0.5, 0.6) is 0 Å². The summed E-state index contributed by atoms with van der Waals surface area (Å²) in [5.41, 5.74) is 0.493. The first kappa shape index (κ1) is 15.0. The second kappa shape index (κ2) is 8.01. The van der Waals surface area contributed by atoms with E-state index < -0.39 is 0 Å². The fourth-order valence-corrected chi connectivity index (χ4v) is 2.33. The number of carbonyl (C=O) groups is 1. The Bertz CT molecular complexity index is 413. The van der Waals surface area contributed by atoms with Crippen LogP contribution in [-0.2, 0) is 4.74 Å². The molecule has 1 aromatic heterocycles. The summed E-state index contributed by atoms with van der Waals surface area (Å²) in [5.74, 6) is -0.107. The Morgan fingerprint density at radius 1 is 1.65 bits per heavy atom. The summed E-state index contributed by atoms with van der Waals surface area (Å²) in [7, 11) is 0. The molecule has 2 rings (SSSR count). The maximum atomic E-state index is 11.9. The van der Waals surface area contributed by atoms with Gasteiger partial charge < -0.3 is 15.4 Å². The largest absolute Gasteiger partial charge is 0.382 e. The number of rotatable bonds is 7. The highest BCUT2D eigenvalue weighted by molar-refractivity contribution is 5.92. The van der Waals surface area contributed by atoms with Crippen LogP contribution in [0.4, 0.5) is 0 Å². The quantitative estimate of drug-likeness (QED) is 0.730. The van der Waals surface area contributed by atoms with E-state index in [-0.39, 0.29) is 5.91 Å². The van der Waals surface area contributed by atoms with Crippen molar-refractivity contribution in [2.45, 2.75) is 32.2 Å². The first-order valence-corrected chi connectivity index (χ1v) is 7.43. The van der Waals surface area contributed by atoms with Gasteiger partial charge in [0.1, 0.15) is 5.69 Å². The van der Waals surface area contributed by atoms with Crippen molar-refractivity contribution in [1.82, 2.24) is 20.4 Å². The number of amides is 1. The van der Waals surface area contributed by atoms with Crippen molar-refractivity contribution in [2.75, 3.05) is 32.8 Å². The highest BCUT2D eigenvalue weighted by atomic mass is 16.5. The Morgan fingerprint density at radius 3 is 3.30 bits per heavy atom. The van der Waals surface area contributed by atoms with Crippen molar-refractivity contribution in [1.29, 1.82) is 0 Å². The van der Waals surface area contributed by atoms with E-state index in [4.69, 9.17) is 4.74 Å². The van der Waals surface area contributed by atoms with Crippen LogP contribution in [0.15, 0.2) is 12.3 Å². The van der Waals surface area contributed by atoms with E-state index >= 15 is 0 Å². The van der Waals surface area contributed by atoms with Crippen LogP contribution in [0.2, 0.25) is 0 Å². The molecule has 112 valence electrons. The van der Waals surface area contributed by atoms with Gasteiger partial charge >= 0.3 is 0 Å². The fourth-order valence-electron chi connectivity index (χ4n) is 2.33. The molecule has 1 saturated heterocycles. The van der Waals surface area contributed by atoms with Crippen LogP contribution in [0.3, 0.4) is 0 Å². The molecule has 1 atom stereocenters. The van der Waals surface area contributed by atoms with Crippen LogP contribution in [0, 0.1) is 0 Å². The van der Waals surface area contributed by atoms with Gasteiger partial charge in [0, 0.05) is 32.5 Å². The smallest absolute Gasteiger partial charge is 0.271 e. The second-order valence-corrected chi connectivity index (χ2v) is 4.99. The first-order chi connectivity index (χ1) is 9.81. The van der Waals surface area contributed by atoms with E-state index in [1.165, 1.54) is 0 Å². The third-order valence-electron chi connectivity index (χ3n) is 3.44. The molecule has 1 unspecified atom stereocenters. The Hall–Kier alpha value is -1.40. The molecule has 0 saturated carbocycles. The molecule has 1 aliphatic heterocycles. The first-order valence-electron chi connectivity index (χ1n) is 7.43. The number of piperidine rings is 1. The molecular weight excluding hydrogens is 256 g/mol. The summed E-state index contributed by atoms with van der Waals surface area (Å²) in [5, 5.41) is 10.6. The lowest BCUT2D eigenvalue weighted by atomic mass is 10.1. The number of nitrogens with one attached hydrogen (secondary N) is 2. The van der Waals surface area contributed by atoms with Gasteiger partial charge in [-0.1, -0.05) is 0 Å². The van der Waals surface area contributed by atoms with Crippen molar-refractivity contribution in [3.05, 3.63) is 18.0 Å². The number of ether oxygens (including phenoxy) is 1. The van der Waals surface area contributed by atoms with Crippen molar-refractivity contribution in [3.8, 4) is 0 Å². The fraction of sp³-hybridized carbons (Fsp3) is 0.714. The zero-order chi connectivity index (χ0) is 14.2. The average molecular weight is 280 g/mol. The van der Waals surface area contributed by atoms with E-state index in [1.54, 1.807) is 6.07 Å². The highest BCUT2D eigenvalue weighted by Gasteiger charge is 2.17. The summed E-state index contributed by atoms with van der Waals surface area (Å²) in [6, 6.07) is 2.15. The maximum Gasteiger partial charge on any atom is 0.271 e. The summed E-state index contributed by atoms with van der Waals surface area (Å²) < 4.78 is 7.13. The van der Waals surface area contributed by atoms with Gasteiger partial charge in [-0.25, -0.2) is 0 Å². The standard InChI is InChI=1S/C14H24N4O2/c1-2-20-10-4-8-16-14(19)13-6-9-18(17-13)12-5-3-7-15-11-12/h6,9,12,15H,2-5,7-8,10-11H2,1H3,(H,16,19). The van der Waals surface area contributed by atoms with Gasteiger partial charge in [-0.15, -0.1) is 0 Å². The van der Waals surface area contributed by atoms with Crippen molar-refractivity contribution in [3.63, 3.8) is 0 Å². The molecule has 0 radical (unpaired) electrons. The summed E-state index contributed by atoms with van der Waals surface area (Å²) >= 11 is 0. The van der Waals surface area contributed by atoms with E-state index in [2.05, 4.69) is 15.7 Å². The van der Waals surface area contributed by atoms with Crippen molar-refractivity contribution in [2.24, 2.45) is 0 Å². The van der Waals surface area contributed by atoms with Crippen molar-refractivity contribution >= 4 is 5.91 Å². The highest BCUT2D eigenvalue weighted by Crippen LogP contribution is 2.15. The van der Waals surface area contributed by atoms with E-state index in [0.29, 0.717) is 31.5 Å². The zero-order valence-corrected chi connectivity index (χ0v) is 12.1. The second-order valence-electron chi connectivity index (χ2n) is 4.99. The molecule has 0 bridgehead atoms. The monoisotopic (exact) mass is 280 g/mol. The molecule has 2 N–H and O–H groups in total. The molecule has 0 aliphatic carbocycles. The molecule has 6 nitrogen and oxygen atoms in total. The summed E-state index contributed by atoms with van der Waals surface area (Å²) in [6.07, 6.45) is 4.99. The van der Waals surface area contributed by atoms with Crippen LogP contribution in [0.25, 0.3) is 0 Å². The molecule has 0 spiro atoms. The molecule has 0 aromatic carbocycles. The molecule has 1 aliphatic rings. The predicted molar refractivity (Wildman–Crippen MR) is 76.8 cm³/mol. The third-order valence-corrected chi connectivity index (χ3v) is 3.44. The minimum Gasteiger partial charge on any atom is -0.382 e. The van der Waals surface area contributed by atoms with Crippen molar-refractivity contribution < 1.29 is 9.53 Å². The normalized spacial score (nSPS) is 18.9. The van der Waals surface area contributed by atoms with E-state index in [9.17, 15) is 4.79 Å². The zero-order valence-electron chi connectivity index (χ0n) is 12.1. The molecule has 2 heterocycles. The van der Waals surface area contributed by atoms with Crippen LogP contribution in [-0.4, -0.2) is 48.5 Å². The van der Waals surface area contributed by atoms with Crippen LogP contribution in [0.1, 0.15) is 42.7 Å². The minimum atomic E-state index is -0.107. The van der Waals surface area contributed by atoms with Gasteiger partial charge in [0.05, 0.1) is 6.04 Å². The van der Waals surface area contributed by atoms with Crippen LogP contribution >= 0.6 is 0 Å². The van der Waals surface area contributed by atoms with Gasteiger partial charge in [0.2, 0.25) is 0 Å². The number of hydrogen-bond donors (Lipinski definition) is 2. The molecule has 1 amide bonds. The molecule has 1 fully saturated rings. The Morgan fingerprint density at radius 2 is 2.55 bits per heavy atom. The van der Waals surface area contributed by atoms with Gasteiger partial charge in [0.25, 0.3) is 5.91 Å². The topological polar surface area (TPSA) is 68.2 Å². The third kappa shape index (κ3) is 4.31. The van der Waals surface area contributed by atoms with Crippen LogP contribution < -0.4 is 10.6 Å². The van der Waals surface area contributed by atoms with E-state index in [1.807, 2.05) is 17.8 Å². The molecule has 1 aromatic rings. The Balaban J connectivity index is 1.77. The van der Waals surface area contributed by atoms with E-state index in [0.717, 1.165) is 32.4 Å². The minimum absolute atomic E-state index is 0.107. The number of aromatic nitrogens is 2. The Kier molecular flexibility index (Phi) is 6.01. The number of carbonyl (C=O) groups excluding carboxylic acids is 1. The van der Waals surface area contributed by atoms with Gasteiger partial charge in [-0.3, -0.25) is 9.48 Å². The number of nitrogens with zero attached hydrogens (tertiary/aromatic N) is 2. The average Bonchev–Trinajstić information content (AvgIpc) is 2.98. The van der Waals surface area contributed by atoms with Gasteiger partial charge in [-0.05, 0) is 38.8 Å². The molecule has 6 heteroatoms. The van der Waals surface area contributed by atoms with Gasteiger partial charge in [0.15, 0.2) is 0 Å². The maximum absolute atomic E-state index is 11.9. The lowest BCUT2D eigenvalue weighted by molar-refractivity contribution is 0.0938. The summed E-state index contributed by atoms with van der Waals surface area (Å²) in [4.78, 5) is 11.9. The SMILES string of the molecule is CCOCCCNC(=O)c1ccn(C2CCCNC2)n1. The molecule has 20 heavy (non-hydrogen) atoms. The molecular formula is C14H24N4O2. The lowest BCUT2D eigenvalue weighted by Gasteiger charge is -2.22.